The van der Waals surface area contributed by atoms with Crippen LogP contribution < -0.4 is 4.74 Å². The van der Waals surface area contributed by atoms with Gasteiger partial charge in [-0.2, -0.15) is 0 Å². The van der Waals surface area contributed by atoms with Gasteiger partial charge < -0.3 is 9.72 Å². The van der Waals surface area contributed by atoms with E-state index in [4.69, 9.17) is 17.0 Å². The van der Waals surface area contributed by atoms with Crippen LogP contribution in [-0.4, -0.2) is 21.5 Å². The summed E-state index contributed by atoms with van der Waals surface area (Å²) in [6.45, 7) is 4.18. The van der Waals surface area contributed by atoms with Crippen molar-refractivity contribution in [3.05, 3.63) is 70.6 Å². The molecule has 0 amide bonds. The second kappa shape index (κ2) is 6.42. The number of H-pyrrole nitrogens is 1. The highest BCUT2D eigenvalue weighted by Gasteiger charge is 2.10. The average Bonchev–Trinajstić information content (AvgIpc) is 3.10. The summed E-state index contributed by atoms with van der Waals surface area (Å²) in [4.78, 5) is 7.92. The number of benzene rings is 2. The number of ether oxygens (including phenoxy) is 1. The lowest BCUT2D eigenvalue weighted by molar-refractivity contribution is 0.415. The number of aryl methyl sites for hydroxylation is 2. The molecule has 0 aliphatic heterocycles. The third-order valence-electron chi connectivity index (χ3n) is 4.58. The third-order valence-corrected chi connectivity index (χ3v) is 5.00. The Kier molecular flexibility index (Phi) is 4.09. The van der Waals surface area contributed by atoms with Gasteiger partial charge in [-0.15, -0.1) is 0 Å². The van der Waals surface area contributed by atoms with Gasteiger partial charge in [0.05, 0.1) is 12.8 Å². The number of nitrogens with zero attached hydrogens (tertiary/aromatic N) is 2. The largest absolute Gasteiger partial charge is 0.497 e. The highest BCUT2D eigenvalue weighted by molar-refractivity contribution is 7.71. The van der Waals surface area contributed by atoms with Crippen LogP contribution in [0.4, 0.5) is 0 Å². The van der Waals surface area contributed by atoms with Crippen molar-refractivity contribution in [2.24, 2.45) is 0 Å². The Bertz CT molecular complexity index is 1160. The zero-order chi connectivity index (χ0) is 18.3. The SMILES string of the molecule is COc1ccc(-c2cn3c(=S)c(-c4cc(C)ccc4C)cnc3[nH]2)cc1. The first-order chi connectivity index (χ1) is 12.6. The molecule has 2 aromatic heterocycles. The van der Waals surface area contributed by atoms with E-state index < -0.39 is 0 Å². The minimum atomic E-state index is 0.731. The summed E-state index contributed by atoms with van der Waals surface area (Å²) in [5.41, 5.74) is 6.51. The number of aromatic nitrogens is 3. The number of imidazole rings is 1. The lowest BCUT2D eigenvalue weighted by Crippen LogP contribution is -1.94. The molecule has 0 saturated carbocycles. The summed E-state index contributed by atoms with van der Waals surface area (Å²) in [5, 5.41) is 0. The van der Waals surface area contributed by atoms with Crippen LogP contribution in [0.2, 0.25) is 0 Å². The monoisotopic (exact) mass is 361 g/mol. The molecule has 0 unspecified atom stereocenters. The van der Waals surface area contributed by atoms with Gasteiger partial charge in [-0.3, -0.25) is 4.40 Å². The molecule has 26 heavy (non-hydrogen) atoms. The van der Waals surface area contributed by atoms with Gasteiger partial charge in [0.2, 0.25) is 5.78 Å². The van der Waals surface area contributed by atoms with Gasteiger partial charge in [0, 0.05) is 18.0 Å². The normalized spacial score (nSPS) is 11.0. The second-order valence-corrected chi connectivity index (χ2v) is 6.77. The number of aromatic amines is 1. The van der Waals surface area contributed by atoms with Crippen molar-refractivity contribution in [3.8, 4) is 28.1 Å². The fourth-order valence-corrected chi connectivity index (χ4v) is 3.39. The number of methoxy groups -OCH3 is 1. The lowest BCUT2D eigenvalue weighted by atomic mass is 10.0. The molecule has 4 aromatic rings. The summed E-state index contributed by atoms with van der Waals surface area (Å²) in [6.07, 6.45) is 3.86. The highest BCUT2D eigenvalue weighted by Crippen LogP contribution is 2.27. The Morgan fingerprint density at radius 2 is 1.81 bits per heavy atom. The Balaban J connectivity index is 1.85. The molecule has 0 radical (unpaired) electrons. The number of hydrogen-bond acceptors (Lipinski definition) is 3. The Labute approximate surface area is 157 Å². The molecule has 2 heterocycles. The maximum atomic E-state index is 5.76. The molecule has 2 aromatic carbocycles. The van der Waals surface area contributed by atoms with E-state index in [1.165, 1.54) is 11.1 Å². The molecule has 0 spiro atoms. The molecule has 0 aliphatic carbocycles. The standard InChI is InChI=1S/C21H19N3OS/c1-13-4-5-14(2)17(10-13)18-11-22-21-23-19(12-24(21)20(18)26)15-6-8-16(25-3)9-7-15/h4-12H,1-3H3,(H,22,23). The number of fused-ring (bicyclic) bond motifs is 1. The van der Waals surface area contributed by atoms with Gasteiger partial charge in [-0.25, -0.2) is 4.98 Å². The first kappa shape index (κ1) is 16.5. The minimum Gasteiger partial charge on any atom is -0.497 e. The van der Waals surface area contributed by atoms with Crippen LogP contribution in [0.15, 0.2) is 54.9 Å². The number of nitrogens with one attached hydrogen (secondary N) is 1. The van der Waals surface area contributed by atoms with Gasteiger partial charge in [0.15, 0.2) is 0 Å². The topological polar surface area (TPSA) is 42.3 Å². The Morgan fingerprint density at radius 3 is 2.54 bits per heavy atom. The van der Waals surface area contributed by atoms with Crippen LogP contribution in [-0.2, 0) is 0 Å². The van der Waals surface area contributed by atoms with Crippen LogP contribution >= 0.6 is 12.2 Å². The summed E-state index contributed by atoms with van der Waals surface area (Å²) in [6, 6.07) is 14.3. The fraction of sp³-hybridized carbons (Fsp3) is 0.143. The Morgan fingerprint density at radius 1 is 1.04 bits per heavy atom. The minimum absolute atomic E-state index is 0.731. The molecule has 130 valence electrons. The molecular weight excluding hydrogens is 342 g/mol. The summed E-state index contributed by atoms with van der Waals surface area (Å²) >= 11 is 5.76. The molecule has 1 N–H and O–H groups in total. The van der Waals surface area contributed by atoms with E-state index in [2.05, 4.69) is 42.0 Å². The number of hydrogen-bond donors (Lipinski definition) is 1. The van der Waals surface area contributed by atoms with E-state index in [1.54, 1.807) is 7.11 Å². The summed E-state index contributed by atoms with van der Waals surface area (Å²) < 4.78 is 7.91. The maximum absolute atomic E-state index is 5.76. The molecule has 4 rings (SSSR count). The van der Waals surface area contributed by atoms with Gasteiger partial charge in [0.25, 0.3) is 0 Å². The van der Waals surface area contributed by atoms with Gasteiger partial charge in [-0.05, 0) is 54.8 Å². The maximum Gasteiger partial charge on any atom is 0.212 e. The molecule has 0 atom stereocenters. The predicted octanol–water partition coefficient (Wildman–Crippen LogP) is 5.35. The quantitative estimate of drug-likeness (QED) is 0.500. The van der Waals surface area contributed by atoms with Crippen molar-refractivity contribution < 1.29 is 4.74 Å². The van der Waals surface area contributed by atoms with Crippen LogP contribution in [0.5, 0.6) is 5.75 Å². The molecule has 0 aliphatic rings. The molecule has 0 saturated heterocycles. The van der Waals surface area contributed by atoms with E-state index in [-0.39, 0.29) is 0 Å². The lowest BCUT2D eigenvalue weighted by Gasteiger charge is -2.08. The van der Waals surface area contributed by atoms with Crippen LogP contribution in [0.1, 0.15) is 11.1 Å². The van der Waals surface area contributed by atoms with Gasteiger partial charge in [0.1, 0.15) is 10.4 Å². The van der Waals surface area contributed by atoms with Crippen molar-refractivity contribution in [1.82, 2.24) is 14.4 Å². The van der Waals surface area contributed by atoms with Crippen LogP contribution in [0.3, 0.4) is 0 Å². The van der Waals surface area contributed by atoms with Crippen LogP contribution in [0, 0.1) is 18.5 Å². The summed E-state index contributed by atoms with van der Waals surface area (Å²) in [7, 11) is 1.66. The Hall–Kier alpha value is -2.92. The molecular formula is C21H19N3OS. The zero-order valence-electron chi connectivity index (χ0n) is 14.9. The number of rotatable bonds is 3. The van der Waals surface area contributed by atoms with E-state index >= 15 is 0 Å². The van der Waals surface area contributed by atoms with Crippen molar-refractivity contribution >= 4 is 18.0 Å². The van der Waals surface area contributed by atoms with E-state index in [1.807, 2.05) is 41.1 Å². The predicted molar refractivity (Wildman–Crippen MR) is 107 cm³/mol. The van der Waals surface area contributed by atoms with Gasteiger partial charge >= 0.3 is 0 Å². The van der Waals surface area contributed by atoms with Crippen molar-refractivity contribution in [3.63, 3.8) is 0 Å². The van der Waals surface area contributed by atoms with Crippen molar-refractivity contribution in [1.29, 1.82) is 0 Å². The molecule has 4 nitrogen and oxygen atoms in total. The van der Waals surface area contributed by atoms with Crippen LogP contribution in [0.25, 0.3) is 28.2 Å². The van der Waals surface area contributed by atoms with Gasteiger partial charge in [-0.1, -0.05) is 36.0 Å². The fourth-order valence-electron chi connectivity index (χ4n) is 3.09. The molecule has 0 bridgehead atoms. The van der Waals surface area contributed by atoms with E-state index in [9.17, 15) is 0 Å². The molecule has 0 fully saturated rings. The smallest absolute Gasteiger partial charge is 0.212 e. The zero-order valence-corrected chi connectivity index (χ0v) is 15.7. The first-order valence-electron chi connectivity index (χ1n) is 8.39. The summed E-state index contributed by atoms with van der Waals surface area (Å²) in [5.74, 6) is 1.56. The average molecular weight is 361 g/mol. The van der Waals surface area contributed by atoms with Crippen molar-refractivity contribution in [2.45, 2.75) is 13.8 Å². The van der Waals surface area contributed by atoms with E-state index in [0.717, 1.165) is 38.6 Å². The first-order valence-corrected chi connectivity index (χ1v) is 8.80. The van der Waals surface area contributed by atoms with Crippen molar-refractivity contribution in [2.75, 3.05) is 7.11 Å². The highest BCUT2D eigenvalue weighted by atomic mass is 32.1. The van der Waals surface area contributed by atoms with E-state index in [0.29, 0.717) is 0 Å². The third kappa shape index (κ3) is 2.80. The second-order valence-electron chi connectivity index (χ2n) is 6.39. The molecule has 5 heteroatoms.